The van der Waals surface area contributed by atoms with Gasteiger partial charge in [0.1, 0.15) is 17.4 Å². The Hall–Kier alpha value is -3.21. The third kappa shape index (κ3) is 5.59. The van der Waals surface area contributed by atoms with Gasteiger partial charge in [0.05, 0.1) is 25.4 Å². The summed E-state index contributed by atoms with van der Waals surface area (Å²) in [4.78, 5) is 14.2. The number of pyridine rings is 2. The second-order valence-corrected chi connectivity index (χ2v) is 12.6. The Kier molecular flexibility index (Phi) is 7.42. The number of likely N-dealkylation sites (tertiary alicyclic amines) is 1. The molecule has 0 bridgehead atoms. The predicted octanol–water partition coefficient (Wildman–Crippen LogP) is 4.38. The summed E-state index contributed by atoms with van der Waals surface area (Å²) in [5, 5.41) is 2.25. The molecule has 1 aromatic carbocycles. The number of ether oxygens (including phenoxy) is 2. The molecule has 0 amide bonds. The average Bonchev–Trinajstić information content (AvgIpc) is 3.46. The van der Waals surface area contributed by atoms with Crippen LogP contribution in [0.15, 0.2) is 55.0 Å². The van der Waals surface area contributed by atoms with Gasteiger partial charge in [0.2, 0.25) is 10.0 Å². The molecule has 4 aromatic rings. The van der Waals surface area contributed by atoms with E-state index in [0.29, 0.717) is 25.6 Å². The zero-order valence-corrected chi connectivity index (χ0v) is 23.1. The second kappa shape index (κ2) is 11.1. The minimum absolute atomic E-state index is 0.0794. The van der Waals surface area contributed by atoms with Crippen molar-refractivity contribution in [2.45, 2.75) is 31.6 Å². The summed E-state index contributed by atoms with van der Waals surface area (Å²) in [6.07, 6.45) is 9.30. The van der Waals surface area contributed by atoms with Crippen molar-refractivity contribution in [2.75, 3.05) is 45.8 Å². The third-order valence-corrected chi connectivity index (χ3v) is 9.93. The van der Waals surface area contributed by atoms with E-state index in [1.807, 2.05) is 42.7 Å². The summed E-state index contributed by atoms with van der Waals surface area (Å²) in [5.74, 6) is 2.19. The number of nitrogens with zero attached hydrogens (tertiary/aromatic N) is 4. The Morgan fingerprint density at radius 1 is 1.00 bits per heavy atom. The molecule has 206 valence electrons. The van der Waals surface area contributed by atoms with Crippen LogP contribution >= 0.6 is 0 Å². The fraction of sp³-hybridized carbons (Fsp3) is 0.448. The van der Waals surface area contributed by atoms with Crippen LogP contribution in [0.25, 0.3) is 21.9 Å². The van der Waals surface area contributed by atoms with Crippen LogP contribution in [0, 0.1) is 5.92 Å². The van der Waals surface area contributed by atoms with Gasteiger partial charge in [-0.05, 0) is 86.7 Å². The Labute approximate surface area is 229 Å². The highest BCUT2D eigenvalue weighted by Crippen LogP contribution is 2.35. The zero-order valence-electron chi connectivity index (χ0n) is 22.3. The largest absolute Gasteiger partial charge is 0.497 e. The van der Waals surface area contributed by atoms with E-state index < -0.39 is 10.0 Å². The molecule has 39 heavy (non-hydrogen) atoms. The highest BCUT2D eigenvalue weighted by atomic mass is 32.2. The van der Waals surface area contributed by atoms with Gasteiger partial charge in [-0.1, -0.05) is 0 Å². The van der Waals surface area contributed by atoms with E-state index in [9.17, 15) is 8.42 Å². The molecule has 1 unspecified atom stereocenters. The molecule has 0 spiro atoms. The summed E-state index contributed by atoms with van der Waals surface area (Å²) < 4.78 is 39.6. The van der Waals surface area contributed by atoms with Crippen molar-refractivity contribution in [3.63, 3.8) is 0 Å². The molecular weight excluding hydrogens is 514 g/mol. The standard InChI is InChI=1S/C29H35N5O4S/c1-37-23-4-6-24(7-5-23)38-19-21-3-2-14-34(18-21)39(35,36)20-33-15-10-22(11-16-33)25-8-12-30-27-17-32-29-26(28(25)27)9-13-31-29/h4-9,12-13,17,21-22,30H,2-3,10-11,14-16,18-20H2,1H3. The number of piperidine rings is 2. The molecule has 9 nitrogen and oxygen atoms in total. The number of nitrogens with one attached hydrogen (secondary N) is 1. The molecule has 6 rings (SSSR count). The number of H-pyrrole nitrogens is 1. The van der Waals surface area contributed by atoms with Crippen molar-refractivity contribution in [3.05, 3.63) is 60.6 Å². The number of hydrogen-bond donors (Lipinski definition) is 1. The van der Waals surface area contributed by atoms with Crippen LogP contribution in [0.2, 0.25) is 0 Å². The van der Waals surface area contributed by atoms with Crippen molar-refractivity contribution in [1.29, 1.82) is 0 Å². The van der Waals surface area contributed by atoms with E-state index in [1.54, 1.807) is 17.6 Å². The minimum atomic E-state index is -3.38. The number of hydrogen-bond acceptors (Lipinski definition) is 7. The van der Waals surface area contributed by atoms with Crippen molar-refractivity contribution < 1.29 is 17.9 Å². The van der Waals surface area contributed by atoms with Crippen molar-refractivity contribution in [2.24, 2.45) is 5.92 Å². The molecule has 0 aliphatic carbocycles. The molecule has 1 atom stereocenters. The molecule has 2 fully saturated rings. The normalized spacial score (nSPS) is 20.0. The first-order valence-corrected chi connectivity index (χ1v) is 15.3. The molecule has 2 aliphatic rings. The first-order chi connectivity index (χ1) is 19.0. The average molecular weight is 550 g/mol. The van der Waals surface area contributed by atoms with Gasteiger partial charge in [0, 0.05) is 42.2 Å². The second-order valence-electron chi connectivity index (χ2n) is 10.6. The molecular formula is C29H35N5O4S. The predicted molar refractivity (Wildman–Crippen MR) is 152 cm³/mol. The minimum Gasteiger partial charge on any atom is -0.497 e. The lowest BCUT2D eigenvalue weighted by Crippen LogP contribution is -2.47. The van der Waals surface area contributed by atoms with Crippen LogP contribution in [0.3, 0.4) is 0 Å². The molecule has 2 aliphatic heterocycles. The number of sulfonamides is 1. The maximum atomic E-state index is 13.4. The topological polar surface area (TPSA) is 101 Å². The Balaban J connectivity index is 1.05. The molecule has 2 saturated heterocycles. The number of fused-ring (bicyclic) bond motifs is 3. The van der Waals surface area contributed by atoms with E-state index in [-0.39, 0.29) is 11.8 Å². The maximum Gasteiger partial charge on any atom is 0.227 e. The summed E-state index contributed by atoms with van der Waals surface area (Å²) in [5.41, 5.74) is 3.07. The van der Waals surface area contributed by atoms with Gasteiger partial charge in [-0.3, -0.25) is 4.90 Å². The summed E-state index contributed by atoms with van der Waals surface area (Å²) >= 11 is 0. The fourth-order valence-electron chi connectivity index (χ4n) is 6.01. The Morgan fingerprint density at radius 2 is 1.79 bits per heavy atom. The number of methoxy groups -OCH3 is 1. The SMILES string of the molecule is COc1ccc(OCC2CCCN(S(=O)(=O)CN3CCC(c4cc[nH]c5cnc6nccc6c45)CC3)C2)cc1. The lowest BCUT2D eigenvalue weighted by molar-refractivity contribution is 0.176. The number of benzene rings is 1. The summed E-state index contributed by atoms with van der Waals surface area (Å²) in [7, 11) is -1.74. The molecule has 5 heterocycles. The van der Waals surface area contributed by atoms with Crippen LogP contribution in [-0.2, 0) is 10.0 Å². The van der Waals surface area contributed by atoms with Gasteiger partial charge in [0.15, 0.2) is 5.65 Å². The van der Waals surface area contributed by atoms with Gasteiger partial charge < -0.3 is 14.5 Å². The summed E-state index contributed by atoms with van der Waals surface area (Å²) in [6, 6.07) is 11.7. The van der Waals surface area contributed by atoms with Gasteiger partial charge in [-0.2, -0.15) is 0 Å². The summed E-state index contributed by atoms with van der Waals surface area (Å²) in [6.45, 7) is 3.12. The van der Waals surface area contributed by atoms with E-state index in [4.69, 9.17) is 9.47 Å². The molecule has 10 heteroatoms. The van der Waals surface area contributed by atoms with E-state index in [2.05, 4.69) is 25.9 Å². The first kappa shape index (κ1) is 26.0. The third-order valence-electron chi connectivity index (χ3n) is 8.12. The number of aromatic amines is 1. The van der Waals surface area contributed by atoms with Gasteiger partial charge in [-0.25, -0.2) is 22.7 Å². The van der Waals surface area contributed by atoms with E-state index in [0.717, 1.165) is 66.8 Å². The maximum absolute atomic E-state index is 13.4. The number of rotatable bonds is 8. The van der Waals surface area contributed by atoms with Gasteiger partial charge in [0.25, 0.3) is 0 Å². The number of aromatic nitrogens is 3. The first-order valence-electron chi connectivity index (χ1n) is 13.7. The van der Waals surface area contributed by atoms with Crippen molar-refractivity contribution >= 4 is 32.0 Å². The monoisotopic (exact) mass is 549 g/mol. The molecule has 0 radical (unpaired) electrons. The van der Waals surface area contributed by atoms with Crippen LogP contribution in [-0.4, -0.2) is 78.3 Å². The van der Waals surface area contributed by atoms with Crippen LogP contribution in [0.1, 0.15) is 37.2 Å². The van der Waals surface area contributed by atoms with Crippen LogP contribution < -0.4 is 9.47 Å². The van der Waals surface area contributed by atoms with Gasteiger partial charge >= 0.3 is 0 Å². The molecule has 1 N–H and O–H groups in total. The smallest absolute Gasteiger partial charge is 0.227 e. The lowest BCUT2D eigenvalue weighted by Gasteiger charge is -2.36. The quantitative estimate of drug-likeness (QED) is 0.348. The van der Waals surface area contributed by atoms with Crippen LogP contribution in [0.4, 0.5) is 0 Å². The van der Waals surface area contributed by atoms with Crippen molar-refractivity contribution in [1.82, 2.24) is 24.2 Å². The highest BCUT2D eigenvalue weighted by molar-refractivity contribution is 7.89. The molecule has 3 aromatic heterocycles. The fourth-order valence-corrected chi connectivity index (χ4v) is 7.74. The zero-order chi connectivity index (χ0) is 26.8. The Bertz CT molecular complexity index is 1530. The van der Waals surface area contributed by atoms with Crippen LogP contribution in [0.5, 0.6) is 11.5 Å². The lowest BCUT2D eigenvalue weighted by atomic mass is 9.87. The molecule has 0 saturated carbocycles. The highest BCUT2D eigenvalue weighted by Gasteiger charge is 2.32. The van der Waals surface area contributed by atoms with E-state index in [1.165, 1.54) is 10.9 Å². The van der Waals surface area contributed by atoms with E-state index >= 15 is 0 Å². The Morgan fingerprint density at radius 3 is 2.59 bits per heavy atom. The van der Waals surface area contributed by atoms with Crippen molar-refractivity contribution in [3.8, 4) is 11.5 Å². The van der Waals surface area contributed by atoms with Gasteiger partial charge in [-0.15, -0.1) is 0 Å².